The number of carbonyl (C=O) groups is 1. The van der Waals surface area contributed by atoms with Gasteiger partial charge in [0, 0.05) is 5.69 Å². The highest BCUT2D eigenvalue weighted by Gasteiger charge is 2.32. The molecule has 0 unspecified atom stereocenters. The third-order valence-corrected chi connectivity index (χ3v) is 7.16. The van der Waals surface area contributed by atoms with Crippen LogP contribution in [0.5, 0.6) is 11.5 Å². The number of nitrogens with one attached hydrogen (secondary N) is 1. The molecular weight excluding hydrogens is 493 g/mol. The summed E-state index contributed by atoms with van der Waals surface area (Å²) in [6.07, 6.45) is 1.76. The lowest BCUT2D eigenvalue weighted by molar-refractivity contribution is -0.113. The molecule has 7 nitrogen and oxygen atoms in total. The average Bonchev–Trinajstić information content (AvgIpc) is 3.48. The number of amides is 1. The van der Waals surface area contributed by atoms with Crippen LogP contribution in [0.2, 0.25) is 0 Å². The molecule has 2 aliphatic heterocycles. The molecule has 0 fully saturated rings. The van der Waals surface area contributed by atoms with Gasteiger partial charge in [0.15, 0.2) is 16.3 Å². The molecule has 3 heterocycles. The summed E-state index contributed by atoms with van der Waals surface area (Å²) < 4.78 is 26.6. The molecule has 0 aliphatic carbocycles. The van der Waals surface area contributed by atoms with E-state index in [1.165, 1.54) is 28.0 Å². The molecule has 3 aromatic carbocycles. The van der Waals surface area contributed by atoms with Crippen LogP contribution in [-0.2, 0) is 4.79 Å². The van der Waals surface area contributed by atoms with Crippen molar-refractivity contribution in [3.8, 4) is 11.5 Å². The standard InChI is InChI=1S/C28H20FN3O4S/c1-16-24(26(33)31-20-5-3-2-4-6-20)25(18-8-10-19(29)11-9-18)32-27(34)23(37-28(32)30-16)14-17-7-12-21-22(13-17)36-15-35-21/h2-14,25H,15H2,1H3,(H,31,33)/b23-14-/t25-/m0/s1. The number of nitrogens with zero attached hydrogens (tertiary/aromatic N) is 2. The maximum Gasteiger partial charge on any atom is 0.271 e. The maximum absolute atomic E-state index is 13.8. The summed E-state index contributed by atoms with van der Waals surface area (Å²) in [6.45, 7) is 1.90. The number of para-hydroxylation sites is 1. The molecular formula is C28H20FN3O4S. The first-order valence-corrected chi connectivity index (χ1v) is 12.3. The minimum atomic E-state index is -0.778. The van der Waals surface area contributed by atoms with Crippen molar-refractivity contribution in [2.45, 2.75) is 13.0 Å². The topological polar surface area (TPSA) is 81.9 Å². The van der Waals surface area contributed by atoms with E-state index in [1.54, 1.807) is 43.3 Å². The molecule has 2 aliphatic rings. The third-order valence-electron chi connectivity index (χ3n) is 6.18. The van der Waals surface area contributed by atoms with Crippen molar-refractivity contribution >= 4 is 29.0 Å². The largest absolute Gasteiger partial charge is 0.454 e. The van der Waals surface area contributed by atoms with E-state index < -0.39 is 11.9 Å². The number of hydrogen-bond acceptors (Lipinski definition) is 6. The van der Waals surface area contributed by atoms with Crippen molar-refractivity contribution in [2.24, 2.45) is 4.99 Å². The number of allylic oxidation sites excluding steroid dienone is 1. The van der Waals surface area contributed by atoms with Gasteiger partial charge in [0.25, 0.3) is 11.5 Å². The molecule has 6 rings (SSSR count). The van der Waals surface area contributed by atoms with Crippen molar-refractivity contribution in [1.29, 1.82) is 0 Å². The quantitative estimate of drug-likeness (QED) is 0.451. The van der Waals surface area contributed by atoms with Gasteiger partial charge in [0.1, 0.15) is 5.82 Å². The monoisotopic (exact) mass is 513 g/mol. The van der Waals surface area contributed by atoms with Gasteiger partial charge < -0.3 is 14.8 Å². The molecule has 1 N–H and O–H groups in total. The van der Waals surface area contributed by atoms with Crippen LogP contribution >= 0.6 is 11.3 Å². The number of aromatic nitrogens is 1. The van der Waals surface area contributed by atoms with Crippen LogP contribution in [0, 0.1) is 5.82 Å². The fraction of sp³-hybridized carbons (Fsp3) is 0.107. The van der Waals surface area contributed by atoms with E-state index in [-0.39, 0.29) is 18.3 Å². The second-order valence-corrected chi connectivity index (χ2v) is 9.58. The van der Waals surface area contributed by atoms with Crippen molar-refractivity contribution in [2.75, 3.05) is 12.1 Å². The Morgan fingerprint density at radius 2 is 1.84 bits per heavy atom. The van der Waals surface area contributed by atoms with Gasteiger partial charge in [-0.05, 0) is 60.5 Å². The lowest BCUT2D eigenvalue weighted by Gasteiger charge is -2.25. The highest BCUT2D eigenvalue weighted by Crippen LogP contribution is 2.33. The van der Waals surface area contributed by atoms with Crippen molar-refractivity contribution in [3.63, 3.8) is 0 Å². The summed E-state index contributed by atoms with van der Waals surface area (Å²) in [4.78, 5) is 32.3. The number of carbonyl (C=O) groups excluding carboxylic acids is 1. The van der Waals surface area contributed by atoms with E-state index in [1.807, 2.05) is 30.3 Å². The molecule has 1 aromatic heterocycles. The molecule has 1 atom stereocenters. The van der Waals surface area contributed by atoms with Crippen molar-refractivity contribution in [1.82, 2.24) is 4.57 Å². The number of hydrogen-bond donors (Lipinski definition) is 1. The van der Waals surface area contributed by atoms with Crippen LogP contribution in [0.15, 0.2) is 93.9 Å². The second kappa shape index (κ2) is 9.18. The number of halogens is 1. The normalized spacial score (nSPS) is 16.4. The van der Waals surface area contributed by atoms with Gasteiger partial charge in [-0.15, -0.1) is 0 Å². The molecule has 0 radical (unpaired) electrons. The Morgan fingerprint density at radius 3 is 2.62 bits per heavy atom. The fourth-order valence-corrected chi connectivity index (χ4v) is 5.49. The minimum Gasteiger partial charge on any atom is -0.454 e. The molecule has 0 bridgehead atoms. The highest BCUT2D eigenvalue weighted by molar-refractivity contribution is 7.07. The smallest absolute Gasteiger partial charge is 0.271 e. The van der Waals surface area contributed by atoms with Gasteiger partial charge in [-0.3, -0.25) is 14.2 Å². The van der Waals surface area contributed by atoms with Crippen LogP contribution in [0.4, 0.5) is 10.1 Å². The van der Waals surface area contributed by atoms with Crippen LogP contribution in [0.3, 0.4) is 0 Å². The first kappa shape index (κ1) is 22.9. The highest BCUT2D eigenvalue weighted by atomic mass is 32.1. The molecule has 1 amide bonds. The molecule has 0 saturated carbocycles. The van der Waals surface area contributed by atoms with E-state index in [0.717, 1.165) is 5.56 Å². The summed E-state index contributed by atoms with van der Waals surface area (Å²) in [7, 11) is 0. The molecule has 4 aromatic rings. The Balaban J connectivity index is 1.49. The van der Waals surface area contributed by atoms with E-state index >= 15 is 0 Å². The van der Waals surface area contributed by atoms with Gasteiger partial charge >= 0.3 is 0 Å². The third kappa shape index (κ3) is 4.23. The van der Waals surface area contributed by atoms with Crippen LogP contribution in [0.25, 0.3) is 6.08 Å². The lowest BCUT2D eigenvalue weighted by atomic mass is 9.95. The Labute approximate surface area is 214 Å². The SMILES string of the molecule is CC1=C(C(=O)Nc2ccccc2)[C@H](c2ccc(F)cc2)n2c(s/c(=C\c3ccc4c(c3)OCO4)c2=O)=N1. The Hall–Kier alpha value is -4.50. The summed E-state index contributed by atoms with van der Waals surface area (Å²) >= 11 is 1.23. The number of ether oxygens (including phenoxy) is 2. The van der Waals surface area contributed by atoms with E-state index in [4.69, 9.17) is 9.47 Å². The molecule has 184 valence electrons. The zero-order chi connectivity index (χ0) is 25.5. The summed E-state index contributed by atoms with van der Waals surface area (Å²) in [6, 6.07) is 19.5. The van der Waals surface area contributed by atoms with Gasteiger partial charge in [-0.1, -0.05) is 47.7 Å². The van der Waals surface area contributed by atoms with Crippen LogP contribution in [0.1, 0.15) is 24.1 Å². The summed E-state index contributed by atoms with van der Waals surface area (Å²) in [5, 5.41) is 2.90. The zero-order valence-corrected chi connectivity index (χ0v) is 20.4. The number of benzene rings is 3. The fourth-order valence-electron chi connectivity index (χ4n) is 4.45. The molecule has 9 heteroatoms. The average molecular weight is 514 g/mol. The van der Waals surface area contributed by atoms with E-state index in [0.29, 0.717) is 43.4 Å². The molecule has 37 heavy (non-hydrogen) atoms. The lowest BCUT2D eigenvalue weighted by Crippen LogP contribution is -2.40. The predicted octanol–water partition coefficient (Wildman–Crippen LogP) is 3.74. The predicted molar refractivity (Wildman–Crippen MR) is 138 cm³/mol. The number of rotatable bonds is 4. The first-order chi connectivity index (χ1) is 18.0. The second-order valence-electron chi connectivity index (χ2n) is 8.57. The van der Waals surface area contributed by atoms with Crippen LogP contribution in [-0.4, -0.2) is 17.3 Å². The Morgan fingerprint density at radius 1 is 1.08 bits per heavy atom. The maximum atomic E-state index is 13.8. The summed E-state index contributed by atoms with van der Waals surface area (Å²) in [5.41, 5.74) is 2.49. The Bertz CT molecular complexity index is 1740. The minimum absolute atomic E-state index is 0.158. The molecule has 0 spiro atoms. The number of fused-ring (bicyclic) bond motifs is 2. The van der Waals surface area contributed by atoms with Crippen molar-refractivity contribution in [3.05, 3.63) is 121 Å². The number of thiazole rings is 1. The number of anilines is 1. The van der Waals surface area contributed by atoms with Gasteiger partial charge in [-0.2, -0.15) is 0 Å². The van der Waals surface area contributed by atoms with Gasteiger partial charge in [0.2, 0.25) is 6.79 Å². The van der Waals surface area contributed by atoms with E-state index in [2.05, 4.69) is 10.3 Å². The van der Waals surface area contributed by atoms with E-state index in [9.17, 15) is 14.0 Å². The molecule has 0 saturated heterocycles. The van der Waals surface area contributed by atoms with Crippen LogP contribution < -0.4 is 29.7 Å². The first-order valence-electron chi connectivity index (χ1n) is 11.5. The van der Waals surface area contributed by atoms with Gasteiger partial charge in [0.05, 0.1) is 21.8 Å². The Kier molecular flexibility index (Phi) is 5.69. The zero-order valence-electron chi connectivity index (χ0n) is 19.6. The van der Waals surface area contributed by atoms with Gasteiger partial charge in [-0.25, -0.2) is 9.38 Å². The summed E-state index contributed by atoms with van der Waals surface area (Å²) in [5.74, 6) is 0.475. The van der Waals surface area contributed by atoms with Crippen molar-refractivity contribution < 1.29 is 18.7 Å².